The van der Waals surface area contributed by atoms with Crippen LogP contribution in [0.3, 0.4) is 0 Å². The van der Waals surface area contributed by atoms with E-state index in [4.69, 9.17) is 10.4 Å². The van der Waals surface area contributed by atoms with E-state index in [-0.39, 0.29) is 5.56 Å². The molecule has 6 heteroatoms. The maximum absolute atomic E-state index is 10.8. The Morgan fingerprint density at radius 2 is 2.26 bits per heavy atom. The number of hydrogen-bond donors (Lipinski definition) is 2. The summed E-state index contributed by atoms with van der Waals surface area (Å²) in [5.41, 5.74) is 1.57. The molecule has 0 aliphatic heterocycles. The molecule has 0 spiro atoms. The Labute approximate surface area is 122 Å². The number of thiophene rings is 1. The number of carboxylic acids is 1. The zero-order valence-corrected chi connectivity index (χ0v) is 12.1. The Hall–Kier alpha value is -1.84. The predicted octanol–water partition coefficient (Wildman–Crippen LogP) is 3.69. The van der Waals surface area contributed by atoms with Gasteiger partial charge in [-0.1, -0.05) is 15.9 Å². The normalized spacial score (nSPS) is 9.89. The van der Waals surface area contributed by atoms with E-state index in [0.717, 1.165) is 15.0 Å². The fourth-order valence-corrected chi connectivity index (χ4v) is 2.69. The molecule has 1 aromatic heterocycles. The highest BCUT2D eigenvalue weighted by Gasteiger charge is 2.07. The third kappa shape index (κ3) is 3.34. The van der Waals surface area contributed by atoms with Crippen LogP contribution >= 0.6 is 27.3 Å². The van der Waals surface area contributed by atoms with Crippen LogP contribution in [0.5, 0.6) is 0 Å². The van der Waals surface area contributed by atoms with Crippen molar-refractivity contribution >= 4 is 38.9 Å². The number of carboxylic acid groups (broad SMARTS) is 1. The number of nitrogens with zero attached hydrogens (tertiary/aromatic N) is 1. The SMILES string of the molecule is N#Cc1cc(Br)ccc1NCc1cc(C(=O)O)cs1. The van der Waals surface area contributed by atoms with Gasteiger partial charge in [-0.15, -0.1) is 11.3 Å². The van der Waals surface area contributed by atoms with Crippen molar-refractivity contribution in [2.24, 2.45) is 0 Å². The Bertz CT molecular complexity index is 661. The second kappa shape index (κ2) is 5.87. The van der Waals surface area contributed by atoms with Crippen LogP contribution in [0.25, 0.3) is 0 Å². The Balaban J connectivity index is 2.10. The molecule has 96 valence electrons. The molecule has 2 aromatic rings. The molecule has 0 aliphatic rings. The van der Waals surface area contributed by atoms with E-state index in [2.05, 4.69) is 27.3 Å². The summed E-state index contributed by atoms with van der Waals surface area (Å²) in [4.78, 5) is 11.7. The summed E-state index contributed by atoms with van der Waals surface area (Å²) >= 11 is 4.69. The largest absolute Gasteiger partial charge is 0.478 e. The average Bonchev–Trinajstić information content (AvgIpc) is 2.86. The third-order valence-corrected chi connectivity index (χ3v) is 3.89. The molecule has 0 aliphatic carbocycles. The maximum Gasteiger partial charge on any atom is 0.336 e. The Kier molecular flexibility index (Phi) is 4.20. The molecule has 0 atom stereocenters. The summed E-state index contributed by atoms with van der Waals surface area (Å²) in [5.74, 6) is -0.927. The van der Waals surface area contributed by atoms with Crippen LogP contribution in [-0.2, 0) is 6.54 Å². The molecule has 0 bridgehead atoms. The molecule has 4 nitrogen and oxygen atoms in total. The van der Waals surface area contributed by atoms with Gasteiger partial charge in [-0.3, -0.25) is 0 Å². The van der Waals surface area contributed by atoms with E-state index in [0.29, 0.717) is 12.1 Å². The van der Waals surface area contributed by atoms with E-state index in [1.165, 1.54) is 11.3 Å². The number of anilines is 1. The van der Waals surface area contributed by atoms with Crippen molar-refractivity contribution in [2.75, 3.05) is 5.32 Å². The summed E-state index contributed by atoms with van der Waals surface area (Å²) in [6.07, 6.45) is 0. The van der Waals surface area contributed by atoms with Crippen LogP contribution in [0.15, 0.2) is 34.1 Å². The molecule has 0 saturated carbocycles. The molecule has 19 heavy (non-hydrogen) atoms. The minimum absolute atomic E-state index is 0.290. The van der Waals surface area contributed by atoms with Gasteiger partial charge in [0.15, 0.2) is 0 Å². The van der Waals surface area contributed by atoms with Gasteiger partial charge in [-0.25, -0.2) is 4.79 Å². The Morgan fingerprint density at radius 3 is 2.89 bits per heavy atom. The molecule has 0 saturated heterocycles. The maximum atomic E-state index is 10.8. The van der Waals surface area contributed by atoms with Crippen LogP contribution in [0.4, 0.5) is 5.69 Å². The molecule has 2 N–H and O–H groups in total. The molecule has 0 unspecified atom stereocenters. The summed E-state index contributed by atoms with van der Waals surface area (Å²) < 4.78 is 0.846. The number of hydrogen-bond acceptors (Lipinski definition) is 4. The van der Waals surface area contributed by atoms with Crippen molar-refractivity contribution in [3.63, 3.8) is 0 Å². The molecular weight excluding hydrogens is 328 g/mol. The van der Waals surface area contributed by atoms with Gasteiger partial charge in [0.05, 0.1) is 16.8 Å². The van der Waals surface area contributed by atoms with Crippen LogP contribution in [0.2, 0.25) is 0 Å². The van der Waals surface area contributed by atoms with Crippen molar-refractivity contribution in [1.29, 1.82) is 5.26 Å². The first kappa shape index (κ1) is 13.6. The van der Waals surface area contributed by atoms with Crippen molar-refractivity contribution in [2.45, 2.75) is 6.54 Å². The minimum atomic E-state index is -0.927. The van der Waals surface area contributed by atoms with Gasteiger partial charge >= 0.3 is 5.97 Å². The van der Waals surface area contributed by atoms with Crippen LogP contribution in [-0.4, -0.2) is 11.1 Å². The number of rotatable bonds is 4. The first-order valence-electron chi connectivity index (χ1n) is 5.34. The molecule has 1 heterocycles. The third-order valence-electron chi connectivity index (χ3n) is 2.46. The Morgan fingerprint density at radius 1 is 1.47 bits per heavy atom. The number of carbonyl (C=O) groups is 1. The van der Waals surface area contributed by atoms with E-state index < -0.39 is 5.97 Å². The second-order valence-electron chi connectivity index (χ2n) is 3.76. The lowest BCUT2D eigenvalue weighted by Crippen LogP contribution is -2.00. The van der Waals surface area contributed by atoms with Crippen LogP contribution in [0.1, 0.15) is 20.8 Å². The van der Waals surface area contributed by atoms with Crippen LogP contribution in [0, 0.1) is 11.3 Å². The summed E-state index contributed by atoms with van der Waals surface area (Å²) in [7, 11) is 0. The van der Waals surface area contributed by atoms with Crippen LogP contribution < -0.4 is 5.32 Å². The highest BCUT2D eigenvalue weighted by Crippen LogP contribution is 2.22. The molecule has 0 fully saturated rings. The standard InChI is InChI=1S/C13H9BrN2O2S/c14-10-1-2-12(8(3-10)5-15)16-6-11-4-9(7-19-11)13(17)18/h1-4,7,16H,6H2,(H,17,18). The van der Waals surface area contributed by atoms with Crippen molar-refractivity contribution in [1.82, 2.24) is 0 Å². The topological polar surface area (TPSA) is 73.1 Å². The zero-order valence-electron chi connectivity index (χ0n) is 9.68. The fraction of sp³-hybridized carbons (Fsp3) is 0.0769. The second-order valence-corrected chi connectivity index (χ2v) is 5.67. The van der Waals surface area contributed by atoms with Gasteiger partial charge in [0.1, 0.15) is 6.07 Å². The lowest BCUT2D eigenvalue weighted by atomic mass is 10.2. The number of halogens is 1. The van der Waals surface area contributed by atoms with E-state index in [9.17, 15) is 4.79 Å². The molecule has 2 rings (SSSR count). The highest BCUT2D eigenvalue weighted by molar-refractivity contribution is 9.10. The number of benzene rings is 1. The van der Waals surface area contributed by atoms with Gasteiger partial charge in [-0.05, 0) is 24.3 Å². The van der Waals surface area contributed by atoms with Gasteiger partial charge in [0.2, 0.25) is 0 Å². The lowest BCUT2D eigenvalue weighted by molar-refractivity contribution is 0.0697. The predicted molar refractivity (Wildman–Crippen MR) is 77.5 cm³/mol. The van der Waals surface area contributed by atoms with Crippen molar-refractivity contribution in [3.05, 3.63) is 50.1 Å². The summed E-state index contributed by atoms with van der Waals surface area (Å²) in [6, 6.07) is 9.14. The smallest absolute Gasteiger partial charge is 0.336 e. The first-order chi connectivity index (χ1) is 9.10. The summed E-state index contributed by atoms with van der Waals surface area (Å²) in [6.45, 7) is 0.494. The zero-order chi connectivity index (χ0) is 13.8. The van der Waals surface area contributed by atoms with Gasteiger partial charge < -0.3 is 10.4 Å². The molecule has 0 radical (unpaired) electrons. The van der Waals surface area contributed by atoms with Gasteiger partial charge in [0, 0.05) is 21.3 Å². The monoisotopic (exact) mass is 336 g/mol. The average molecular weight is 337 g/mol. The quantitative estimate of drug-likeness (QED) is 0.892. The van der Waals surface area contributed by atoms with Gasteiger partial charge in [-0.2, -0.15) is 5.26 Å². The van der Waals surface area contributed by atoms with E-state index in [1.54, 1.807) is 17.5 Å². The molecule has 1 aromatic carbocycles. The van der Waals surface area contributed by atoms with E-state index in [1.807, 2.05) is 12.1 Å². The number of nitriles is 1. The van der Waals surface area contributed by atoms with E-state index >= 15 is 0 Å². The fourth-order valence-electron chi connectivity index (χ4n) is 1.53. The summed E-state index contributed by atoms with van der Waals surface area (Å²) in [5, 5.41) is 22.6. The van der Waals surface area contributed by atoms with Crippen molar-refractivity contribution in [3.8, 4) is 6.07 Å². The molecular formula is C13H9BrN2O2S. The minimum Gasteiger partial charge on any atom is -0.478 e. The first-order valence-corrected chi connectivity index (χ1v) is 7.01. The lowest BCUT2D eigenvalue weighted by Gasteiger charge is -2.07. The number of nitrogens with one attached hydrogen (secondary N) is 1. The van der Waals surface area contributed by atoms with Gasteiger partial charge in [0.25, 0.3) is 0 Å². The number of aromatic carboxylic acids is 1. The highest BCUT2D eigenvalue weighted by atomic mass is 79.9. The van der Waals surface area contributed by atoms with Crippen molar-refractivity contribution < 1.29 is 9.90 Å². The molecule has 0 amide bonds.